The highest BCUT2D eigenvalue weighted by atomic mass is 16.2. The minimum Gasteiger partial charge on any atom is -0.353 e. The van der Waals surface area contributed by atoms with E-state index in [1.54, 1.807) is 0 Å². The number of hydrogen-bond donors (Lipinski definition) is 2. The average Bonchev–Trinajstić information content (AvgIpc) is 2.82. The summed E-state index contributed by atoms with van der Waals surface area (Å²) in [7, 11) is 2.10. The molecule has 2 fully saturated rings. The maximum Gasteiger partial charge on any atom is 0.237 e. The molecule has 2 N–H and O–H groups in total. The zero-order valence-corrected chi connectivity index (χ0v) is 12.6. The predicted molar refractivity (Wildman–Crippen MR) is 78.1 cm³/mol. The van der Waals surface area contributed by atoms with Crippen LogP contribution in [-0.2, 0) is 4.79 Å². The molecule has 4 nitrogen and oxygen atoms in total. The Morgan fingerprint density at radius 2 is 2.11 bits per heavy atom. The Bertz CT molecular complexity index is 292. The summed E-state index contributed by atoms with van der Waals surface area (Å²) in [6.45, 7) is 6.01. The Balaban J connectivity index is 1.69. The molecule has 2 rings (SSSR count). The third-order valence-corrected chi connectivity index (χ3v) is 4.82. The zero-order chi connectivity index (χ0) is 13.8. The largest absolute Gasteiger partial charge is 0.353 e. The predicted octanol–water partition coefficient (Wildman–Crippen LogP) is 1.36. The quantitative estimate of drug-likeness (QED) is 0.790. The second-order valence-corrected chi connectivity index (χ2v) is 6.47. The van der Waals surface area contributed by atoms with E-state index in [0.717, 1.165) is 25.4 Å². The maximum atomic E-state index is 12.1. The molecule has 1 saturated carbocycles. The Kier molecular flexibility index (Phi) is 5.22. The Morgan fingerprint density at radius 3 is 2.79 bits per heavy atom. The van der Waals surface area contributed by atoms with Crippen molar-refractivity contribution in [3.63, 3.8) is 0 Å². The molecule has 0 aromatic rings. The van der Waals surface area contributed by atoms with Gasteiger partial charge in [-0.05, 0) is 46.1 Å². The molecular weight excluding hydrogens is 238 g/mol. The number of nitrogens with zero attached hydrogens (tertiary/aromatic N) is 1. The average molecular weight is 267 g/mol. The van der Waals surface area contributed by atoms with Gasteiger partial charge in [0.05, 0.1) is 6.04 Å². The van der Waals surface area contributed by atoms with Crippen molar-refractivity contribution in [2.24, 2.45) is 5.92 Å². The van der Waals surface area contributed by atoms with E-state index < -0.39 is 0 Å². The van der Waals surface area contributed by atoms with Gasteiger partial charge in [-0.1, -0.05) is 12.8 Å². The monoisotopic (exact) mass is 267 g/mol. The van der Waals surface area contributed by atoms with Crippen LogP contribution < -0.4 is 10.6 Å². The van der Waals surface area contributed by atoms with Gasteiger partial charge in [-0.2, -0.15) is 0 Å². The number of hydrogen-bond acceptors (Lipinski definition) is 3. The minimum absolute atomic E-state index is 0.0532. The highest BCUT2D eigenvalue weighted by Gasteiger charge is 2.37. The normalized spacial score (nSPS) is 30.7. The van der Waals surface area contributed by atoms with Crippen LogP contribution in [0.3, 0.4) is 0 Å². The number of carbonyl (C=O) groups is 1. The molecule has 4 heteroatoms. The third kappa shape index (κ3) is 3.93. The van der Waals surface area contributed by atoms with E-state index in [1.807, 2.05) is 0 Å². The summed E-state index contributed by atoms with van der Waals surface area (Å²) >= 11 is 0. The molecule has 1 aliphatic heterocycles. The van der Waals surface area contributed by atoms with Gasteiger partial charge in [0.2, 0.25) is 5.91 Å². The van der Waals surface area contributed by atoms with Gasteiger partial charge in [-0.15, -0.1) is 0 Å². The lowest BCUT2D eigenvalue weighted by molar-refractivity contribution is -0.122. The molecule has 0 aromatic carbocycles. The number of amides is 1. The molecule has 0 aromatic heterocycles. The van der Waals surface area contributed by atoms with Gasteiger partial charge in [0.25, 0.3) is 0 Å². The van der Waals surface area contributed by atoms with Gasteiger partial charge in [0.15, 0.2) is 0 Å². The molecule has 19 heavy (non-hydrogen) atoms. The van der Waals surface area contributed by atoms with Crippen LogP contribution in [0.1, 0.15) is 46.0 Å². The van der Waals surface area contributed by atoms with E-state index in [-0.39, 0.29) is 11.9 Å². The molecule has 1 amide bonds. The van der Waals surface area contributed by atoms with Crippen molar-refractivity contribution < 1.29 is 4.79 Å². The van der Waals surface area contributed by atoms with Crippen molar-refractivity contribution in [3.05, 3.63) is 0 Å². The second kappa shape index (κ2) is 6.71. The van der Waals surface area contributed by atoms with Gasteiger partial charge < -0.3 is 15.5 Å². The van der Waals surface area contributed by atoms with E-state index in [2.05, 4.69) is 36.4 Å². The molecule has 1 heterocycles. The topological polar surface area (TPSA) is 44.4 Å². The number of likely N-dealkylation sites (N-methyl/N-ethyl adjacent to an activating group) is 1. The van der Waals surface area contributed by atoms with Crippen molar-refractivity contribution >= 4 is 5.91 Å². The number of carbonyl (C=O) groups excluding carboxylic acids is 1. The summed E-state index contributed by atoms with van der Waals surface area (Å²) in [6, 6.07) is 1.18. The first-order chi connectivity index (χ1) is 9.08. The van der Waals surface area contributed by atoms with Crippen LogP contribution in [-0.4, -0.2) is 49.1 Å². The molecule has 1 saturated heterocycles. The fourth-order valence-corrected chi connectivity index (χ4v) is 3.26. The van der Waals surface area contributed by atoms with Crippen molar-refractivity contribution in [1.29, 1.82) is 0 Å². The molecule has 0 radical (unpaired) electrons. The summed E-state index contributed by atoms with van der Waals surface area (Å²) in [5.74, 6) is 0.939. The molecule has 0 spiro atoms. The molecule has 2 aliphatic rings. The van der Waals surface area contributed by atoms with Crippen LogP contribution in [0.25, 0.3) is 0 Å². The van der Waals surface area contributed by atoms with Crippen LogP contribution in [0.5, 0.6) is 0 Å². The second-order valence-electron chi connectivity index (χ2n) is 6.47. The van der Waals surface area contributed by atoms with E-state index >= 15 is 0 Å². The first-order valence-electron chi connectivity index (χ1n) is 7.82. The van der Waals surface area contributed by atoms with Gasteiger partial charge in [0.1, 0.15) is 0 Å². The highest BCUT2D eigenvalue weighted by molar-refractivity contribution is 5.82. The Labute approximate surface area is 117 Å². The summed E-state index contributed by atoms with van der Waals surface area (Å²) in [5.41, 5.74) is 0. The summed E-state index contributed by atoms with van der Waals surface area (Å²) < 4.78 is 0. The lowest BCUT2D eigenvalue weighted by Gasteiger charge is -2.24. The van der Waals surface area contributed by atoms with Crippen molar-refractivity contribution in [1.82, 2.24) is 15.5 Å². The molecular formula is C15H29N3O. The third-order valence-electron chi connectivity index (χ3n) is 4.82. The van der Waals surface area contributed by atoms with E-state index in [4.69, 9.17) is 0 Å². The molecule has 110 valence electrons. The fraction of sp³-hybridized carbons (Fsp3) is 0.933. The van der Waals surface area contributed by atoms with Crippen molar-refractivity contribution in [2.75, 3.05) is 20.1 Å². The van der Waals surface area contributed by atoms with Crippen LogP contribution in [0, 0.1) is 5.92 Å². The standard InChI is InChI=1S/C15H29N3O/c1-11(2)18(3)9-8-16-15(19)14-10-12-6-4-5-7-13(12)17-14/h11-14,17H,4-10H2,1-3H3,(H,16,19). The molecule has 3 atom stereocenters. The molecule has 1 aliphatic carbocycles. The smallest absolute Gasteiger partial charge is 0.237 e. The van der Waals surface area contributed by atoms with E-state index in [1.165, 1.54) is 25.7 Å². The number of nitrogens with one attached hydrogen (secondary N) is 2. The van der Waals surface area contributed by atoms with Gasteiger partial charge in [-0.25, -0.2) is 0 Å². The van der Waals surface area contributed by atoms with E-state index in [0.29, 0.717) is 12.1 Å². The van der Waals surface area contributed by atoms with E-state index in [9.17, 15) is 4.79 Å². The van der Waals surface area contributed by atoms with Crippen molar-refractivity contribution in [2.45, 2.75) is 64.1 Å². The van der Waals surface area contributed by atoms with Gasteiger partial charge in [0, 0.05) is 25.2 Å². The molecule has 0 bridgehead atoms. The van der Waals surface area contributed by atoms with Crippen LogP contribution in [0.15, 0.2) is 0 Å². The maximum absolute atomic E-state index is 12.1. The SMILES string of the molecule is CC(C)N(C)CCNC(=O)C1CC2CCCCC2N1. The van der Waals surface area contributed by atoms with Gasteiger partial charge >= 0.3 is 0 Å². The van der Waals surface area contributed by atoms with Crippen molar-refractivity contribution in [3.8, 4) is 0 Å². The zero-order valence-electron chi connectivity index (χ0n) is 12.6. The summed E-state index contributed by atoms with van der Waals surface area (Å²) in [4.78, 5) is 14.4. The first kappa shape index (κ1) is 14.8. The minimum atomic E-state index is 0.0532. The first-order valence-corrected chi connectivity index (χ1v) is 7.82. The highest BCUT2D eigenvalue weighted by Crippen LogP contribution is 2.33. The van der Waals surface area contributed by atoms with Gasteiger partial charge in [-0.3, -0.25) is 4.79 Å². The molecule has 3 unspecified atom stereocenters. The number of fused-ring (bicyclic) bond motifs is 1. The van der Waals surface area contributed by atoms with Crippen LogP contribution in [0.4, 0.5) is 0 Å². The fourth-order valence-electron chi connectivity index (χ4n) is 3.26. The summed E-state index contributed by atoms with van der Waals surface area (Å²) in [6.07, 6.45) is 6.26. The number of rotatable bonds is 5. The van der Waals surface area contributed by atoms with Crippen LogP contribution in [0.2, 0.25) is 0 Å². The van der Waals surface area contributed by atoms with Crippen LogP contribution >= 0.6 is 0 Å². The summed E-state index contributed by atoms with van der Waals surface area (Å²) in [5, 5.41) is 6.60. The lowest BCUT2D eigenvalue weighted by Crippen LogP contribution is -2.45. The lowest BCUT2D eigenvalue weighted by atomic mass is 9.85. The Morgan fingerprint density at radius 1 is 1.37 bits per heavy atom. The Hall–Kier alpha value is -0.610.